The van der Waals surface area contributed by atoms with Crippen LogP contribution in [0.4, 0.5) is 17.6 Å². The van der Waals surface area contributed by atoms with Crippen molar-refractivity contribution in [3.63, 3.8) is 0 Å². The molecule has 3 aromatic rings. The van der Waals surface area contributed by atoms with E-state index in [1.807, 2.05) is 12.1 Å². The lowest BCUT2D eigenvalue weighted by atomic mass is 9.89. The number of nitrogens with two attached hydrogens (primary N) is 1. The second-order valence-corrected chi connectivity index (χ2v) is 9.70. The first-order valence-corrected chi connectivity index (χ1v) is 12.3. The fraction of sp³-hybridized carbons (Fsp3) is 0.393. The molecule has 1 aliphatic rings. The minimum absolute atomic E-state index is 0.0448. The van der Waals surface area contributed by atoms with Crippen LogP contribution < -0.4 is 5.73 Å². The van der Waals surface area contributed by atoms with E-state index in [9.17, 15) is 22.4 Å². The van der Waals surface area contributed by atoms with Gasteiger partial charge in [0, 0.05) is 12.6 Å². The molecule has 1 aromatic heterocycles. The zero-order valence-electron chi connectivity index (χ0n) is 20.7. The maximum atomic E-state index is 13.7. The van der Waals surface area contributed by atoms with Crippen molar-refractivity contribution in [1.29, 1.82) is 0 Å². The topological polar surface area (TPSA) is 72.1 Å². The number of halogens is 4. The van der Waals surface area contributed by atoms with E-state index in [0.29, 0.717) is 29.3 Å². The van der Waals surface area contributed by atoms with Gasteiger partial charge in [-0.1, -0.05) is 30.3 Å². The van der Waals surface area contributed by atoms with Crippen LogP contribution in [0.2, 0.25) is 0 Å². The van der Waals surface area contributed by atoms with Crippen molar-refractivity contribution in [3.8, 4) is 0 Å². The van der Waals surface area contributed by atoms with Crippen molar-refractivity contribution in [2.75, 3.05) is 20.1 Å². The molecular weight excluding hydrogens is 484 g/mol. The molecule has 0 saturated carbocycles. The zero-order valence-corrected chi connectivity index (χ0v) is 20.7. The Morgan fingerprint density at radius 2 is 1.76 bits per heavy atom. The molecule has 0 spiro atoms. The summed E-state index contributed by atoms with van der Waals surface area (Å²) in [5.74, 6) is -0.368. The molecule has 0 atom stereocenters. The van der Waals surface area contributed by atoms with E-state index in [0.717, 1.165) is 37.7 Å². The number of aryl methyl sites for hydroxylation is 2. The molecule has 0 bridgehead atoms. The summed E-state index contributed by atoms with van der Waals surface area (Å²) >= 11 is 0. The highest BCUT2D eigenvalue weighted by Gasteiger charge is 2.34. The summed E-state index contributed by atoms with van der Waals surface area (Å²) in [7, 11) is 2.12. The van der Waals surface area contributed by atoms with Gasteiger partial charge in [-0.15, -0.1) is 0 Å². The smallest absolute Gasteiger partial charge is 0.369 e. The third kappa shape index (κ3) is 7.13. The molecule has 0 unspecified atom stereocenters. The molecule has 1 saturated heterocycles. The third-order valence-corrected chi connectivity index (χ3v) is 6.92. The van der Waals surface area contributed by atoms with Crippen LogP contribution in [0.25, 0.3) is 0 Å². The van der Waals surface area contributed by atoms with Crippen LogP contribution in [0.3, 0.4) is 0 Å². The molecule has 5 nitrogen and oxygen atoms in total. The SMILES string of the molecule is CN1CCC(c2ccc(Cc3ncc(C(F)(F)F)c(CCc4ccc(F)cc4CC(N)=O)n3)cc2)CC1. The Balaban J connectivity index is 1.51. The predicted molar refractivity (Wildman–Crippen MR) is 132 cm³/mol. The Labute approximate surface area is 213 Å². The summed E-state index contributed by atoms with van der Waals surface area (Å²) in [6, 6.07) is 12.0. The molecule has 4 rings (SSSR count). The number of likely N-dealkylation sites (tertiary alicyclic amines) is 1. The van der Waals surface area contributed by atoms with Crippen molar-refractivity contribution >= 4 is 5.91 Å². The molecule has 196 valence electrons. The van der Waals surface area contributed by atoms with Gasteiger partial charge in [0.1, 0.15) is 11.6 Å². The number of aromatic nitrogens is 2. The highest BCUT2D eigenvalue weighted by Crippen LogP contribution is 2.32. The number of primary amides is 1. The first kappa shape index (κ1) is 26.7. The summed E-state index contributed by atoms with van der Waals surface area (Å²) in [5.41, 5.74) is 7.33. The van der Waals surface area contributed by atoms with Crippen molar-refractivity contribution < 1.29 is 22.4 Å². The van der Waals surface area contributed by atoms with Crippen LogP contribution in [0.1, 0.15) is 58.1 Å². The number of carbonyl (C=O) groups is 1. The van der Waals surface area contributed by atoms with E-state index < -0.39 is 23.5 Å². The summed E-state index contributed by atoms with van der Waals surface area (Å²) in [4.78, 5) is 22.0. The highest BCUT2D eigenvalue weighted by atomic mass is 19.4. The van der Waals surface area contributed by atoms with Crippen molar-refractivity contribution in [2.45, 2.75) is 50.6 Å². The summed E-state index contributed by atoms with van der Waals surface area (Å²) < 4.78 is 54.7. The quantitative estimate of drug-likeness (QED) is 0.437. The molecule has 1 amide bonds. The third-order valence-electron chi connectivity index (χ3n) is 6.92. The average molecular weight is 515 g/mol. The molecule has 2 heterocycles. The number of carbonyl (C=O) groups excluding carboxylic acids is 1. The Morgan fingerprint density at radius 1 is 1.05 bits per heavy atom. The Bertz CT molecular complexity index is 1240. The molecule has 1 fully saturated rings. The fourth-order valence-corrected chi connectivity index (χ4v) is 4.85. The summed E-state index contributed by atoms with van der Waals surface area (Å²) in [5, 5.41) is 0. The van der Waals surface area contributed by atoms with Gasteiger partial charge in [-0.05, 0) is 86.1 Å². The number of rotatable bonds is 8. The first-order chi connectivity index (χ1) is 17.6. The first-order valence-electron chi connectivity index (χ1n) is 12.3. The largest absolute Gasteiger partial charge is 0.419 e. The molecular formula is C28H30F4N4O. The van der Waals surface area contributed by atoms with Crippen molar-refractivity contribution in [1.82, 2.24) is 14.9 Å². The highest BCUT2D eigenvalue weighted by molar-refractivity contribution is 5.77. The van der Waals surface area contributed by atoms with Gasteiger partial charge in [0.25, 0.3) is 0 Å². The van der Waals surface area contributed by atoms with Gasteiger partial charge < -0.3 is 10.6 Å². The number of hydrogen-bond acceptors (Lipinski definition) is 4. The Hall–Kier alpha value is -3.33. The molecule has 2 aromatic carbocycles. The van der Waals surface area contributed by atoms with Gasteiger partial charge >= 0.3 is 6.18 Å². The van der Waals surface area contributed by atoms with E-state index in [2.05, 4.69) is 34.0 Å². The molecule has 0 aliphatic carbocycles. The van der Waals surface area contributed by atoms with E-state index >= 15 is 0 Å². The lowest BCUT2D eigenvalue weighted by Gasteiger charge is -2.29. The molecule has 0 radical (unpaired) electrons. The van der Waals surface area contributed by atoms with Crippen LogP contribution in [-0.4, -0.2) is 40.9 Å². The number of piperidine rings is 1. The number of amides is 1. The second kappa shape index (κ2) is 11.4. The molecule has 9 heteroatoms. The van der Waals surface area contributed by atoms with Gasteiger partial charge in [-0.2, -0.15) is 13.2 Å². The van der Waals surface area contributed by atoms with Gasteiger partial charge in [-0.25, -0.2) is 14.4 Å². The minimum Gasteiger partial charge on any atom is -0.369 e. The summed E-state index contributed by atoms with van der Waals surface area (Å²) in [6.07, 6.45) is -1.34. The average Bonchev–Trinajstić information content (AvgIpc) is 2.84. The Morgan fingerprint density at radius 3 is 2.41 bits per heavy atom. The standard InChI is InChI=1S/C28H30F4N4O/c1-36-12-10-21(11-13-36)19-4-2-18(3-5-19)14-27-34-17-24(28(30,31)32)25(35-27)9-7-20-6-8-23(29)15-22(20)16-26(33)37/h2-6,8,15,17,21H,7,9-14,16H2,1H3,(H2,33,37). The zero-order chi connectivity index (χ0) is 26.6. The Kier molecular flexibility index (Phi) is 8.22. The summed E-state index contributed by atoms with van der Waals surface area (Å²) in [6.45, 7) is 2.13. The molecule has 1 aliphatic heterocycles. The number of nitrogens with zero attached hydrogens (tertiary/aromatic N) is 3. The van der Waals surface area contributed by atoms with Crippen LogP contribution in [-0.2, 0) is 36.7 Å². The second-order valence-electron chi connectivity index (χ2n) is 9.70. The van der Waals surface area contributed by atoms with Crippen LogP contribution >= 0.6 is 0 Å². The van der Waals surface area contributed by atoms with Crippen LogP contribution in [0.15, 0.2) is 48.7 Å². The van der Waals surface area contributed by atoms with Crippen LogP contribution in [0, 0.1) is 5.82 Å². The normalized spacial score (nSPS) is 15.2. The van der Waals surface area contributed by atoms with Crippen LogP contribution in [0.5, 0.6) is 0 Å². The number of hydrogen-bond donors (Lipinski definition) is 1. The van der Waals surface area contributed by atoms with Crippen molar-refractivity contribution in [3.05, 3.63) is 93.8 Å². The maximum absolute atomic E-state index is 13.7. The van der Waals surface area contributed by atoms with Gasteiger partial charge in [0.05, 0.1) is 17.7 Å². The van der Waals surface area contributed by atoms with E-state index in [4.69, 9.17) is 5.73 Å². The predicted octanol–water partition coefficient (Wildman–Crippen LogP) is 4.85. The van der Waals surface area contributed by atoms with Crippen molar-refractivity contribution in [2.24, 2.45) is 5.73 Å². The lowest BCUT2D eigenvalue weighted by Crippen LogP contribution is -2.29. The van der Waals surface area contributed by atoms with E-state index in [1.165, 1.54) is 23.8 Å². The maximum Gasteiger partial charge on any atom is 0.419 e. The molecule has 37 heavy (non-hydrogen) atoms. The van der Waals surface area contributed by atoms with Gasteiger partial charge in [0.2, 0.25) is 5.91 Å². The van der Waals surface area contributed by atoms with E-state index in [-0.39, 0.29) is 25.0 Å². The number of benzene rings is 2. The fourth-order valence-electron chi connectivity index (χ4n) is 4.85. The number of alkyl halides is 3. The minimum atomic E-state index is -4.61. The lowest BCUT2D eigenvalue weighted by molar-refractivity contribution is -0.138. The van der Waals surface area contributed by atoms with Gasteiger partial charge in [0.15, 0.2) is 0 Å². The molecule has 2 N–H and O–H groups in total. The van der Waals surface area contributed by atoms with E-state index in [1.54, 1.807) is 0 Å². The monoisotopic (exact) mass is 514 g/mol. The van der Waals surface area contributed by atoms with Gasteiger partial charge in [-0.3, -0.25) is 4.79 Å².